The Balaban J connectivity index is 2.07. The molecular weight excluding hydrogens is 276 g/mol. The Labute approximate surface area is 130 Å². The number of carbonyl (C=O) groups excluding carboxylic acids is 1. The number of hydrogen-bond donors (Lipinski definition) is 1. The fourth-order valence-corrected chi connectivity index (χ4v) is 2.16. The van der Waals surface area contributed by atoms with Crippen LogP contribution in [0.5, 0.6) is 0 Å². The van der Waals surface area contributed by atoms with Crippen LogP contribution in [0.2, 0.25) is 0 Å². The molecule has 0 saturated carbocycles. The van der Waals surface area contributed by atoms with E-state index in [1.165, 1.54) is 0 Å². The molecule has 2 N–H and O–H groups in total. The van der Waals surface area contributed by atoms with E-state index in [1.54, 1.807) is 0 Å². The summed E-state index contributed by atoms with van der Waals surface area (Å²) in [5.41, 5.74) is 8.62. The molecule has 0 aliphatic carbocycles. The van der Waals surface area contributed by atoms with Crippen LogP contribution in [-0.2, 0) is 9.63 Å². The van der Waals surface area contributed by atoms with Gasteiger partial charge in [-0.2, -0.15) is 0 Å². The summed E-state index contributed by atoms with van der Waals surface area (Å²) >= 11 is 0. The Bertz CT molecular complexity index is 649. The minimum atomic E-state index is -0.399. The first kappa shape index (κ1) is 15.8. The number of nitrogens with two attached hydrogens (primary N) is 1. The first-order valence-corrected chi connectivity index (χ1v) is 7.28. The topological polar surface area (TPSA) is 64.7 Å². The van der Waals surface area contributed by atoms with E-state index in [2.05, 4.69) is 5.16 Å². The molecular formula is C18H20N2O2. The summed E-state index contributed by atoms with van der Waals surface area (Å²) in [6.07, 6.45) is 0.642. The van der Waals surface area contributed by atoms with Gasteiger partial charge in [0.25, 0.3) is 0 Å². The highest BCUT2D eigenvalue weighted by Crippen LogP contribution is 2.20. The zero-order valence-electron chi connectivity index (χ0n) is 12.8. The molecule has 0 amide bonds. The molecule has 0 spiro atoms. The lowest BCUT2D eigenvalue weighted by molar-refractivity contribution is -0.145. The molecule has 2 aromatic rings. The fraction of sp³-hybridized carbons (Fsp3) is 0.222. The molecule has 0 saturated heterocycles. The Kier molecular flexibility index (Phi) is 5.31. The minimum absolute atomic E-state index is 0.191. The lowest BCUT2D eigenvalue weighted by Crippen LogP contribution is -2.18. The van der Waals surface area contributed by atoms with Crippen molar-refractivity contribution in [2.24, 2.45) is 10.9 Å². The molecule has 0 fully saturated rings. The number of benzene rings is 2. The summed E-state index contributed by atoms with van der Waals surface area (Å²) in [6.45, 7) is 3.93. The quantitative estimate of drug-likeness (QED) is 0.398. The average molecular weight is 296 g/mol. The molecule has 0 bridgehead atoms. The van der Waals surface area contributed by atoms with E-state index in [4.69, 9.17) is 10.6 Å². The molecule has 22 heavy (non-hydrogen) atoms. The highest BCUT2D eigenvalue weighted by Gasteiger charge is 2.20. The van der Waals surface area contributed by atoms with E-state index >= 15 is 0 Å². The lowest BCUT2D eigenvalue weighted by Gasteiger charge is -2.11. The van der Waals surface area contributed by atoms with Crippen molar-refractivity contribution >= 4 is 11.8 Å². The van der Waals surface area contributed by atoms with Crippen molar-refractivity contribution in [3.05, 3.63) is 71.3 Å². The molecule has 114 valence electrons. The second kappa shape index (κ2) is 7.41. The van der Waals surface area contributed by atoms with Crippen LogP contribution in [0.25, 0.3) is 0 Å². The maximum atomic E-state index is 12.2. The van der Waals surface area contributed by atoms with Gasteiger partial charge >= 0.3 is 5.97 Å². The third kappa shape index (κ3) is 3.95. The molecule has 0 aliphatic rings. The van der Waals surface area contributed by atoms with Crippen LogP contribution >= 0.6 is 0 Å². The van der Waals surface area contributed by atoms with Crippen LogP contribution < -0.4 is 5.73 Å². The Morgan fingerprint density at radius 1 is 1.14 bits per heavy atom. The molecule has 0 aliphatic heterocycles. The van der Waals surface area contributed by atoms with Gasteiger partial charge in [-0.25, -0.2) is 4.79 Å². The standard InChI is InChI=1S/C18H20N2O2/c1-3-16(14-7-5-4-6-8-14)18(21)22-20-17(19)15-11-9-13(2)10-12-15/h4-12,16H,3H2,1-2H3,(H2,19,20)/t16-/m0/s1. The molecule has 0 radical (unpaired) electrons. The largest absolute Gasteiger partial charge is 0.380 e. The van der Waals surface area contributed by atoms with Gasteiger partial charge in [0.05, 0.1) is 5.92 Å². The van der Waals surface area contributed by atoms with Crippen molar-refractivity contribution in [1.82, 2.24) is 0 Å². The third-order valence-corrected chi connectivity index (χ3v) is 3.48. The smallest absolute Gasteiger partial charge is 0.342 e. The molecule has 4 heteroatoms. The number of hydrogen-bond acceptors (Lipinski definition) is 3. The maximum absolute atomic E-state index is 12.2. The number of rotatable bonds is 5. The van der Waals surface area contributed by atoms with Gasteiger partial charge in [0.15, 0.2) is 5.84 Å². The van der Waals surface area contributed by atoms with Crippen LogP contribution in [0, 0.1) is 6.92 Å². The number of nitrogens with zero attached hydrogens (tertiary/aromatic N) is 1. The zero-order chi connectivity index (χ0) is 15.9. The van der Waals surface area contributed by atoms with Gasteiger partial charge in [-0.05, 0) is 18.9 Å². The van der Waals surface area contributed by atoms with Crippen LogP contribution in [0.1, 0.15) is 36.0 Å². The molecule has 1 atom stereocenters. The first-order valence-electron chi connectivity index (χ1n) is 7.28. The van der Waals surface area contributed by atoms with E-state index in [9.17, 15) is 4.79 Å². The summed E-state index contributed by atoms with van der Waals surface area (Å²) < 4.78 is 0. The van der Waals surface area contributed by atoms with E-state index < -0.39 is 5.97 Å². The lowest BCUT2D eigenvalue weighted by atomic mass is 9.97. The summed E-state index contributed by atoms with van der Waals surface area (Å²) in [5, 5.41) is 3.76. The fourth-order valence-electron chi connectivity index (χ4n) is 2.16. The van der Waals surface area contributed by atoms with E-state index in [-0.39, 0.29) is 11.8 Å². The minimum Gasteiger partial charge on any atom is -0.380 e. The van der Waals surface area contributed by atoms with Crippen molar-refractivity contribution in [2.75, 3.05) is 0 Å². The number of oxime groups is 1. The average Bonchev–Trinajstić information content (AvgIpc) is 2.55. The Morgan fingerprint density at radius 3 is 2.36 bits per heavy atom. The number of aryl methyl sites for hydroxylation is 1. The number of amidine groups is 1. The monoisotopic (exact) mass is 296 g/mol. The van der Waals surface area contributed by atoms with Gasteiger partial charge in [0, 0.05) is 5.56 Å². The maximum Gasteiger partial charge on any atom is 0.342 e. The van der Waals surface area contributed by atoms with Gasteiger partial charge in [-0.15, -0.1) is 0 Å². The van der Waals surface area contributed by atoms with Crippen molar-refractivity contribution in [2.45, 2.75) is 26.2 Å². The molecule has 4 nitrogen and oxygen atoms in total. The number of carbonyl (C=O) groups is 1. The van der Waals surface area contributed by atoms with Crippen molar-refractivity contribution in [3.8, 4) is 0 Å². The Morgan fingerprint density at radius 2 is 1.77 bits per heavy atom. The molecule has 2 rings (SSSR count). The molecule has 0 aromatic heterocycles. The summed E-state index contributed by atoms with van der Waals surface area (Å²) in [7, 11) is 0. The SMILES string of the molecule is CC[C@H](C(=O)O/N=C(/N)c1ccc(C)cc1)c1ccccc1. The predicted octanol–water partition coefficient (Wildman–Crippen LogP) is 3.35. The van der Waals surface area contributed by atoms with E-state index in [0.29, 0.717) is 6.42 Å². The zero-order valence-corrected chi connectivity index (χ0v) is 12.8. The molecule has 0 heterocycles. The van der Waals surface area contributed by atoms with Crippen LogP contribution in [0.15, 0.2) is 59.8 Å². The van der Waals surface area contributed by atoms with Crippen LogP contribution in [0.4, 0.5) is 0 Å². The van der Waals surface area contributed by atoms with Gasteiger partial charge in [-0.3, -0.25) is 0 Å². The van der Waals surface area contributed by atoms with Gasteiger partial charge < -0.3 is 10.6 Å². The predicted molar refractivity (Wildman–Crippen MR) is 87.5 cm³/mol. The van der Waals surface area contributed by atoms with Crippen molar-refractivity contribution < 1.29 is 9.63 Å². The first-order chi connectivity index (χ1) is 10.6. The second-order valence-electron chi connectivity index (χ2n) is 5.12. The highest BCUT2D eigenvalue weighted by atomic mass is 16.7. The summed E-state index contributed by atoms with van der Waals surface area (Å²) in [6, 6.07) is 17.1. The van der Waals surface area contributed by atoms with Crippen LogP contribution in [0.3, 0.4) is 0 Å². The summed E-state index contributed by atoms with van der Waals surface area (Å²) in [5.74, 6) is -0.546. The third-order valence-electron chi connectivity index (χ3n) is 3.48. The van der Waals surface area contributed by atoms with Gasteiger partial charge in [-0.1, -0.05) is 72.2 Å². The van der Waals surface area contributed by atoms with Gasteiger partial charge in [0.2, 0.25) is 0 Å². The normalized spacial score (nSPS) is 12.7. The summed E-state index contributed by atoms with van der Waals surface area (Å²) in [4.78, 5) is 17.2. The van der Waals surface area contributed by atoms with Crippen LogP contribution in [-0.4, -0.2) is 11.8 Å². The van der Waals surface area contributed by atoms with Crippen molar-refractivity contribution in [1.29, 1.82) is 0 Å². The highest BCUT2D eigenvalue weighted by molar-refractivity contribution is 5.97. The Hall–Kier alpha value is -2.62. The van der Waals surface area contributed by atoms with Crippen molar-refractivity contribution in [3.63, 3.8) is 0 Å². The van der Waals surface area contributed by atoms with Gasteiger partial charge in [0.1, 0.15) is 0 Å². The molecule has 2 aromatic carbocycles. The second-order valence-corrected chi connectivity index (χ2v) is 5.12. The molecule has 0 unspecified atom stereocenters. The van der Waals surface area contributed by atoms with E-state index in [0.717, 1.165) is 16.7 Å². The van der Waals surface area contributed by atoms with E-state index in [1.807, 2.05) is 68.4 Å².